The highest BCUT2D eigenvalue weighted by Gasteiger charge is 2.17. The van der Waals surface area contributed by atoms with E-state index in [4.69, 9.17) is 0 Å². The summed E-state index contributed by atoms with van der Waals surface area (Å²) in [7, 11) is 0. The van der Waals surface area contributed by atoms with E-state index in [0.717, 1.165) is 0 Å². The van der Waals surface area contributed by atoms with Gasteiger partial charge in [-0.25, -0.2) is 0 Å². The number of para-hydroxylation sites is 2. The number of aromatic nitrogens is 2. The van der Waals surface area contributed by atoms with Gasteiger partial charge in [-0.2, -0.15) is 0 Å². The molecule has 0 bridgehead atoms. The fraction of sp³-hybridized carbons (Fsp3) is 0.111. The van der Waals surface area contributed by atoms with E-state index in [1.54, 1.807) is 0 Å². The second kappa shape index (κ2) is 7.14. The highest BCUT2D eigenvalue weighted by molar-refractivity contribution is 5.85. The van der Waals surface area contributed by atoms with E-state index in [1.807, 2.05) is 0 Å². The van der Waals surface area contributed by atoms with Crippen molar-refractivity contribution < 1.29 is 0 Å². The third-order valence-corrected chi connectivity index (χ3v) is 5.71. The molecule has 0 saturated heterocycles. The predicted octanol–water partition coefficient (Wildman–Crippen LogP) is 6.97. The molecule has 3 aromatic carbocycles. The van der Waals surface area contributed by atoms with Crippen molar-refractivity contribution in [2.24, 2.45) is 0 Å². The van der Waals surface area contributed by atoms with Crippen LogP contribution in [0.3, 0.4) is 0 Å². The third-order valence-electron chi connectivity index (χ3n) is 5.71. The van der Waals surface area contributed by atoms with Gasteiger partial charge in [0, 0.05) is 23.2 Å². The van der Waals surface area contributed by atoms with Gasteiger partial charge >= 0.3 is 0 Å². The van der Waals surface area contributed by atoms with Gasteiger partial charge in [-0.3, -0.25) is 0 Å². The zero-order valence-corrected chi connectivity index (χ0v) is 16.8. The largest absolute Gasteiger partial charge is 0.322 e. The van der Waals surface area contributed by atoms with Crippen LogP contribution in [0, 0.1) is 13.8 Å². The number of aryl methyl sites for hydroxylation is 2. The van der Waals surface area contributed by atoms with Gasteiger partial charge in [0.05, 0.1) is 11.0 Å². The number of rotatable bonds is 4. The SMILES string of the molecule is Cc1cn(C(C=Cc2ccccc2)n2cc(C)c3ccccc32)c2ccccc12. The Morgan fingerprint density at radius 3 is 1.66 bits per heavy atom. The quantitative estimate of drug-likeness (QED) is 0.320. The molecule has 0 aliphatic rings. The summed E-state index contributed by atoms with van der Waals surface area (Å²) in [5.41, 5.74) is 6.31. The van der Waals surface area contributed by atoms with Crippen molar-refractivity contribution in [3.63, 3.8) is 0 Å². The minimum Gasteiger partial charge on any atom is -0.322 e. The molecule has 2 nitrogen and oxygen atoms in total. The summed E-state index contributed by atoms with van der Waals surface area (Å²) in [6.07, 6.45) is 9.11. The van der Waals surface area contributed by atoms with Crippen molar-refractivity contribution in [2.45, 2.75) is 20.0 Å². The summed E-state index contributed by atoms with van der Waals surface area (Å²) in [5, 5.41) is 2.61. The smallest absolute Gasteiger partial charge is 0.129 e. The molecule has 0 saturated carbocycles. The van der Waals surface area contributed by atoms with Crippen LogP contribution in [0.2, 0.25) is 0 Å². The summed E-state index contributed by atoms with van der Waals surface area (Å²) in [6.45, 7) is 4.38. The number of benzene rings is 3. The Morgan fingerprint density at radius 1 is 0.621 bits per heavy atom. The summed E-state index contributed by atoms with van der Waals surface area (Å²) in [6, 6.07) is 27.8. The van der Waals surface area contributed by atoms with Crippen molar-refractivity contribution in [1.29, 1.82) is 0 Å². The molecule has 0 fully saturated rings. The first kappa shape index (κ1) is 17.6. The lowest BCUT2D eigenvalue weighted by molar-refractivity contribution is 0.553. The molecule has 0 unspecified atom stereocenters. The Balaban J connectivity index is 1.74. The lowest BCUT2D eigenvalue weighted by Crippen LogP contribution is -2.14. The third kappa shape index (κ3) is 3.07. The van der Waals surface area contributed by atoms with Gasteiger partial charge in [0.25, 0.3) is 0 Å². The molecule has 142 valence electrons. The lowest BCUT2D eigenvalue weighted by Gasteiger charge is -2.20. The van der Waals surface area contributed by atoms with Crippen molar-refractivity contribution in [3.05, 3.63) is 114 Å². The molecule has 0 spiro atoms. The predicted molar refractivity (Wildman–Crippen MR) is 123 cm³/mol. The fourth-order valence-electron chi connectivity index (χ4n) is 4.28. The number of allylic oxidation sites excluding steroid dienone is 1. The first-order chi connectivity index (χ1) is 14.2. The fourth-order valence-corrected chi connectivity index (χ4v) is 4.28. The molecule has 0 atom stereocenters. The van der Waals surface area contributed by atoms with Gasteiger partial charge in [-0.15, -0.1) is 0 Å². The molecule has 0 aliphatic carbocycles. The Hall–Kier alpha value is -3.52. The maximum atomic E-state index is 2.38. The number of hydrogen-bond donors (Lipinski definition) is 0. The average Bonchev–Trinajstić information content (AvgIpc) is 3.27. The number of fused-ring (bicyclic) bond motifs is 2. The van der Waals surface area contributed by atoms with E-state index in [9.17, 15) is 0 Å². The van der Waals surface area contributed by atoms with Crippen LogP contribution >= 0.6 is 0 Å². The molecular formula is C27H24N2. The zero-order chi connectivity index (χ0) is 19.8. The van der Waals surface area contributed by atoms with E-state index in [0.29, 0.717) is 0 Å². The van der Waals surface area contributed by atoms with Crippen LogP contribution in [0.1, 0.15) is 22.9 Å². The van der Waals surface area contributed by atoms with Crippen LogP contribution in [0.4, 0.5) is 0 Å². The van der Waals surface area contributed by atoms with Gasteiger partial charge in [-0.05, 0) is 48.7 Å². The van der Waals surface area contributed by atoms with E-state index in [1.165, 1.54) is 38.5 Å². The van der Waals surface area contributed by atoms with Crippen molar-refractivity contribution in [2.75, 3.05) is 0 Å². The van der Waals surface area contributed by atoms with Crippen molar-refractivity contribution >= 4 is 27.9 Å². The molecule has 2 heterocycles. The van der Waals surface area contributed by atoms with Gasteiger partial charge < -0.3 is 9.13 Å². The first-order valence-corrected chi connectivity index (χ1v) is 10.1. The lowest BCUT2D eigenvalue weighted by atomic mass is 10.2. The molecule has 2 heteroatoms. The van der Waals surface area contributed by atoms with Crippen LogP contribution in [-0.4, -0.2) is 9.13 Å². The molecule has 0 aliphatic heterocycles. The normalized spacial score (nSPS) is 12.0. The van der Waals surface area contributed by atoms with Gasteiger partial charge in [0.1, 0.15) is 6.17 Å². The van der Waals surface area contributed by atoms with E-state index >= 15 is 0 Å². The van der Waals surface area contributed by atoms with Crippen LogP contribution < -0.4 is 0 Å². The van der Waals surface area contributed by atoms with E-state index in [2.05, 4.69) is 126 Å². The molecule has 29 heavy (non-hydrogen) atoms. The van der Waals surface area contributed by atoms with Crippen molar-refractivity contribution in [1.82, 2.24) is 9.13 Å². The molecule has 0 N–H and O–H groups in total. The summed E-state index contributed by atoms with van der Waals surface area (Å²) < 4.78 is 4.77. The topological polar surface area (TPSA) is 9.86 Å². The Labute approximate surface area is 171 Å². The second-order valence-corrected chi connectivity index (χ2v) is 7.66. The minimum absolute atomic E-state index is 0.0485. The van der Waals surface area contributed by atoms with Crippen LogP contribution in [0.15, 0.2) is 97.3 Å². The van der Waals surface area contributed by atoms with Gasteiger partial charge in [0.15, 0.2) is 0 Å². The van der Waals surface area contributed by atoms with Crippen molar-refractivity contribution in [3.8, 4) is 0 Å². The molecule has 5 aromatic rings. The van der Waals surface area contributed by atoms with Crippen LogP contribution in [-0.2, 0) is 0 Å². The molecular weight excluding hydrogens is 352 g/mol. The Morgan fingerprint density at radius 2 is 1.10 bits per heavy atom. The highest BCUT2D eigenvalue weighted by atomic mass is 15.2. The Kier molecular flexibility index (Phi) is 4.33. The second-order valence-electron chi connectivity index (χ2n) is 7.66. The Bertz CT molecular complexity index is 1240. The van der Waals surface area contributed by atoms with Crippen LogP contribution in [0.25, 0.3) is 27.9 Å². The highest BCUT2D eigenvalue weighted by Crippen LogP contribution is 2.30. The standard InChI is InChI=1S/C27H24N2/c1-20-18-28(25-14-8-6-12-23(20)25)27(17-16-22-10-4-3-5-11-22)29-19-21(2)24-13-7-9-15-26(24)29/h3-19,27H,1-2H3. The molecule has 5 rings (SSSR count). The summed E-state index contributed by atoms with van der Waals surface area (Å²) in [5.74, 6) is 0. The summed E-state index contributed by atoms with van der Waals surface area (Å²) >= 11 is 0. The zero-order valence-electron chi connectivity index (χ0n) is 16.8. The molecule has 2 aromatic heterocycles. The van der Waals surface area contributed by atoms with Gasteiger partial charge in [0.2, 0.25) is 0 Å². The van der Waals surface area contributed by atoms with Crippen LogP contribution in [0.5, 0.6) is 0 Å². The minimum atomic E-state index is 0.0485. The van der Waals surface area contributed by atoms with E-state index in [-0.39, 0.29) is 6.17 Å². The van der Waals surface area contributed by atoms with E-state index < -0.39 is 0 Å². The molecule has 0 amide bonds. The average molecular weight is 377 g/mol. The number of hydrogen-bond acceptors (Lipinski definition) is 0. The maximum Gasteiger partial charge on any atom is 0.129 e. The summed E-state index contributed by atoms with van der Waals surface area (Å²) in [4.78, 5) is 0. The molecule has 0 radical (unpaired) electrons. The monoisotopic (exact) mass is 376 g/mol. The number of nitrogens with zero attached hydrogens (tertiary/aromatic N) is 2. The van der Waals surface area contributed by atoms with Gasteiger partial charge in [-0.1, -0.05) is 72.8 Å². The first-order valence-electron chi connectivity index (χ1n) is 10.1. The maximum absolute atomic E-state index is 2.38.